The van der Waals surface area contributed by atoms with Crippen LogP contribution in [0.3, 0.4) is 0 Å². The minimum Gasteiger partial charge on any atom is -0.497 e. The van der Waals surface area contributed by atoms with Crippen molar-refractivity contribution in [2.24, 2.45) is 0 Å². The van der Waals surface area contributed by atoms with Crippen LogP contribution in [0.1, 0.15) is 27.0 Å². The van der Waals surface area contributed by atoms with Crippen LogP contribution >= 0.6 is 23.4 Å². The van der Waals surface area contributed by atoms with Gasteiger partial charge < -0.3 is 14.5 Å². The second-order valence-corrected chi connectivity index (χ2v) is 9.77. The molecule has 34 heavy (non-hydrogen) atoms. The predicted molar refractivity (Wildman–Crippen MR) is 132 cm³/mol. The first-order chi connectivity index (χ1) is 16.5. The normalized spacial score (nSPS) is 18.8. The fourth-order valence-electron chi connectivity index (χ4n) is 4.58. The number of hydrogen-bond donors (Lipinski definition) is 0. The highest BCUT2D eigenvalue weighted by Gasteiger charge is 2.59. The number of thioether (sulfide) groups is 1. The van der Waals surface area contributed by atoms with Crippen molar-refractivity contribution in [2.45, 2.75) is 11.4 Å². The maximum Gasteiger partial charge on any atom is 0.268 e. The summed E-state index contributed by atoms with van der Waals surface area (Å²) in [6, 6.07) is 21.6. The number of ether oxygens (including phenoxy) is 1. The zero-order valence-corrected chi connectivity index (χ0v) is 19.9. The SMILES string of the molecule is COc1ccc2c(c1)C1(SCCN1C(=O)c1cccc(Cl)c1)C(=O)N2Cc1cccc(C#N)c1. The van der Waals surface area contributed by atoms with Crippen LogP contribution in [0, 0.1) is 11.3 Å². The number of rotatable bonds is 4. The highest BCUT2D eigenvalue weighted by Crippen LogP contribution is 2.55. The van der Waals surface area contributed by atoms with Crippen molar-refractivity contribution in [3.05, 3.63) is 94.0 Å². The molecule has 2 heterocycles. The van der Waals surface area contributed by atoms with Gasteiger partial charge in [-0.05, 0) is 54.1 Å². The van der Waals surface area contributed by atoms with Gasteiger partial charge in [-0.1, -0.05) is 29.8 Å². The quantitative estimate of drug-likeness (QED) is 0.526. The van der Waals surface area contributed by atoms with Crippen molar-refractivity contribution in [1.82, 2.24) is 4.90 Å². The van der Waals surface area contributed by atoms with E-state index in [0.29, 0.717) is 34.2 Å². The molecule has 1 unspecified atom stereocenters. The van der Waals surface area contributed by atoms with E-state index in [-0.39, 0.29) is 18.4 Å². The Morgan fingerprint density at radius 1 is 1.18 bits per heavy atom. The second-order valence-electron chi connectivity index (χ2n) is 8.05. The summed E-state index contributed by atoms with van der Waals surface area (Å²) < 4.78 is 5.46. The van der Waals surface area contributed by atoms with Crippen LogP contribution in [0.15, 0.2) is 66.7 Å². The lowest BCUT2D eigenvalue weighted by Crippen LogP contribution is -2.50. The Hall–Kier alpha value is -3.47. The van der Waals surface area contributed by atoms with E-state index in [0.717, 1.165) is 16.8 Å². The van der Waals surface area contributed by atoms with Crippen LogP contribution < -0.4 is 9.64 Å². The molecule has 2 aliphatic heterocycles. The summed E-state index contributed by atoms with van der Waals surface area (Å²) in [5.74, 6) is 0.799. The van der Waals surface area contributed by atoms with Gasteiger partial charge in [0, 0.05) is 28.4 Å². The standard InChI is InChI=1S/C26H20ClN3O3S/c1-33-21-8-9-23-22(14-21)26(25(32)29(23)16-18-5-2-4-17(12-18)15-28)30(10-11-34-26)24(31)19-6-3-7-20(27)13-19/h2-9,12-14H,10-11,16H2,1H3. The van der Waals surface area contributed by atoms with E-state index in [1.165, 1.54) is 11.8 Å². The van der Waals surface area contributed by atoms with Gasteiger partial charge >= 0.3 is 0 Å². The van der Waals surface area contributed by atoms with Crippen LogP contribution in [0.4, 0.5) is 5.69 Å². The maximum absolute atomic E-state index is 14.1. The third kappa shape index (κ3) is 3.51. The highest BCUT2D eigenvalue weighted by atomic mass is 35.5. The van der Waals surface area contributed by atoms with Gasteiger partial charge in [-0.15, -0.1) is 11.8 Å². The molecule has 5 rings (SSSR count). The Bertz CT molecular complexity index is 1360. The largest absolute Gasteiger partial charge is 0.497 e. The number of hydrogen-bond acceptors (Lipinski definition) is 5. The van der Waals surface area contributed by atoms with Crippen molar-refractivity contribution in [1.29, 1.82) is 5.26 Å². The number of amides is 2. The Balaban J connectivity index is 1.61. The van der Waals surface area contributed by atoms with E-state index < -0.39 is 4.87 Å². The second kappa shape index (κ2) is 8.71. The van der Waals surface area contributed by atoms with E-state index >= 15 is 0 Å². The van der Waals surface area contributed by atoms with Gasteiger partial charge in [-0.2, -0.15) is 5.26 Å². The Morgan fingerprint density at radius 2 is 2.00 bits per heavy atom. The average Bonchev–Trinajstić information content (AvgIpc) is 3.40. The maximum atomic E-state index is 14.1. The van der Waals surface area contributed by atoms with Crippen LogP contribution in [0.5, 0.6) is 5.75 Å². The fraction of sp³-hybridized carbons (Fsp3) is 0.192. The lowest BCUT2D eigenvalue weighted by Gasteiger charge is -2.33. The van der Waals surface area contributed by atoms with Gasteiger partial charge in [0.25, 0.3) is 11.8 Å². The van der Waals surface area contributed by atoms with Gasteiger partial charge in [0.05, 0.1) is 31.0 Å². The minimum absolute atomic E-state index is 0.184. The number of halogens is 1. The van der Waals surface area contributed by atoms with Crippen molar-refractivity contribution >= 4 is 40.9 Å². The molecule has 0 aliphatic carbocycles. The smallest absolute Gasteiger partial charge is 0.268 e. The summed E-state index contributed by atoms with van der Waals surface area (Å²) in [5.41, 5.74) is 3.26. The topological polar surface area (TPSA) is 73.6 Å². The Morgan fingerprint density at radius 3 is 2.76 bits per heavy atom. The Labute approximate surface area is 206 Å². The number of fused-ring (bicyclic) bond motifs is 2. The molecule has 1 spiro atoms. The molecule has 0 N–H and O–H groups in total. The molecule has 0 radical (unpaired) electrons. The predicted octanol–water partition coefficient (Wildman–Crippen LogP) is 4.81. The van der Waals surface area contributed by atoms with Gasteiger partial charge in [-0.3, -0.25) is 9.59 Å². The molecule has 2 amide bonds. The van der Waals surface area contributed by atoms with Crippen LogP contribution in [-0.4, -0.2) is 36.1 Å². The lowest BCUT2D eigenvalue weighted by molar-refractivity contribution is -0.123. The number of benzene rings is 3. The van der Waals surface area contributed by atoms with Crippen LogP contribution in [0.2, 0.25) is 5.02 Å². The van der Waals surface area contributed by atoms with Crippen LogP contribution in [0.25, 0.3) is 0 Å². The van der Waals surface area contributed by atoms with Crippen molar-refractivity contribution in [3.8, 4) is 11.8 Å². The van der Waals surface area contributed by atoms with E-state index in [1.807, 2.05) is 24.3 Å². The average molecular weight is 490 g/mol. The molecule has 3 aromatic rings. The summed E-state index contributed by atoms with van der Waals surface area (Å²) >= 11 is 7.60. The van der Waals surface area contributed by atoms with Crippen LogP contribution in [-0.2, 0) is 16.2 Å². The number of methoxy groups -OCH3 is 1. The first-order valence-electron chi connectivity index (χ1n) is 10.7. The summed E-state index contributed by atoms with van der Waals surface area (Å²) in [5, 5.41) is 9.74. The molecule has 1 saturated heterocycles. The highest BCUT2D eigenvalue weighted by molar-refractivity contribution is 8.01. The molecule has 0 saturated carbocycles. The van der Waals surface area contributed by atoms with Gasteiger partial charge in [-0.25, -0.2) is 0 Å². The molecule has 1 atom stereocenters. The molecular weight excluding hydrogens is 470 g/mol. The number of carbonyl (C=O) groups excluding carboxylic acids is 2. The summed E-state index contributed by atoms with van der Waals surface area (Å²) in [7, 11) is 1.58. The molecule has 2 aliphatic rings. The number of nitrogens with zero attached hydrogens (tertiary/aromatic N) is 3. The number of carbonyl (C=O) groups is 2. The summed E-state index contributed by atoms with van der Waals surface area (Å²) in [6.07, 6.45) is 0. The summed E-state index contributed by atoms with van der Waals surface area (Å²) in [4.78, 5) is 29.9. The van der Waals surface area contributed by atoms with E-state index in [4.69, 9.17) is 16.3 Å². The van der Waals surface area contributed by atoms with E-state index in [1.54, 1.807) is 59.4 Å². The summed E-state index contributed by atoms with van der Waals surface area (Å²) in [6.45, 7) is 0.714. The number of anilines is 1. The Kier molecular flexibility index (Phi) is 5.72. The third-order valence-electron chi connectivity index (χ3n) is 6.11. The molecule has 170 valence electrons. The van der Waals surface area contributed by atoms with Crippen molar-refractivity contribution in [2.75, 3.05) is 24.3 Å². The molecule has 0 aromatic heterocycles. The third-order valence-corrected chi connectivity index (χ3v) is 7.77. The van der Waals surface area contributed by atoms with Crippen molar-refractivity contribution in [3.63, 3.8) is 0 Å². The zero-order valence-electron chi connectivity index (χ0n) is 18.3. The molecule has 1 fully saturated rings. The molecule has 3 aromatic carbocycles. The van der Waals surface area contributed by atoms with Gasteiger partial charge in [0.15, 0.2) is 4.87 Å². The minimum atomic E-state index is -1.20. The van der Waals surface area contributed by atoms with Gasteiger partial charge in [0.2, 0.25) is 0 Å². The van der Waals surface area contributed by atoms with Gasteiger partial charge in [0.1, 0.15) is 5.75 Å². The molecule has 8 heteroatoms. The number of nitriles is 1. The fourth-order valence-corrected chi connectivity index (χ4v) is 6.22. The zero-order chi connectivity index (χ0) is 23.9. The molecule has 0 bridgehead atoms. The van der Waals surface area contributed by atoms with E-state index in [2.05, 4.69) is 6.07 Å². The lowest BCUT2D eigenvalue weighted by atomic mass is 10.0. The first-order valence-corrected chi connectivity index (χ1v) is 12.1. The van der Waals surface area contributed by atoms with E-state index in [9.17, 15) is 14.9 Å². The molecular formula is C26H20ClN3O3S. The first kappa shape index (κ1) is 22.3. The monoisotopic (exact) mass is 489 g/mol. The molecule has 6 nitrogen and oxygen atoms in total. The van der Waals surface area contributed by atoms with Crippen molar-refractivity contribution < 1.29 is 14.3 Å².